The number of carbonyl (C=O) groups excluding carboxylic acids is 1. The van der Waals surface area contributed by atoms with Gasteiger partial charge >= 0.3 is 0 Å². The van der Waals surface area contributed by atoms with E-state index in [-0.39, 0.29) is 17.3 Å². The highest BCUT2D eigenvalue weighted by atomic mass is 35.5. The number of aryl methyl sites for hydroxylation is 2. The predicted octanol–water partition coefficient (Wildman–Crippen LogP) is 4.74. The van der Waals surface area contributed by atoms with Crippen molar-refractivity contribution >= 4 is 33.2 Å². The Morgan fingerprint density at radius 3 is 2.47 bits per heavy atom. The number of para-hydroxylation sites is 2. The summed E-state index contributed by atoms with van der Waals surface area (Å²) in [7, 11) is -3.93. The van der Waals surface area contributed by atoms with Crippen LogP contribution in [0.2, 0.25) is 5.02 Å². The molecule has 8 heteroatoms. The Kier molecular flexibility index (Phi) is 7.14. The Morgan fingerprint density at radius 1 is 1.03 bits per heavy atom. The summed E-state index contributed by atoms with van der Waals surface area (Å²) >= 11 is 5.94. The Bertz CT molecular complexity index is 1290. The van der Waals surface area contributed by atoms with Crippen molar-refractivity contribution < 1.29 is 17.9 Å². The van der Waals surface area contributed by atoms with Crippen molar-refractivity contribution in [1.29, 1.82) is 0 Å². The van der Waals surface area contributed by atoms with Crippen LogP contribution < -0.4 is 14.4 Å². The number of sulfonamides is 1. The number of carbonyl (C=O) groups is 1. The number of fused-ring (bicyclic) bond motifs is 1. The average Bonchev–Trinajstić information content (AvgIpc) is 2.86. The summed E-state index contributed by atoms with van der Waals surface area (Å²) in [5.41, 5.74) is 3.81. The van der Waals surface area contributed by atoms with Crippen LogP contribution in [0.4, 0.5) is 5.69 Å². The molecule has 3 aromatic carbocycles. The second-order valence-electron chi connectivity index (χ2n) is 8.09. The number of rotatable bonds is 7. The number of benzene rings is 3. The number of nitrogens with one attached hydrogen (secondary N) is 1. The molecular weight excluding hydrogens is 472 g/mol. The van der Waals surface area contributed by atoms with E-state index in [1.165, 1.54) is 39.7 Å². The van der Waals surface area contributed by atoms with Crippen molar-refractivity contribution in [3.8, 4) is 5.75 Å². The molecule has 0 bridgehead atoms. The zero-order chi connectivity index (χ0) is 24.3. The van der Waals surface area contributed by atoms with Gasteiger partial charge in [-0.3, -0.25) is 9.10 Å². The monoisotopic (exact) mass is 498 g/mol. The van der Waals surface area contributed by atoms with E-state index in [1.807, 2.05) is 0 Å². The molecule has 0 fully saturated rings. The lowest BCUT2D eigenvalue weighted by atomic mass is 10.0. The van der Waals surface area contributed by atoms with Crippen molar-refractivity contribution in [2.45, 2.75) is 44.2 Å². The maximum Gasteiger partial charge on any atom is 0.264 e. The molecule has 1 aliphatic rings. The fourth-order valence-electron chi connectivity index (χ4n) is 4.01. The van der Waals surface area contributed by atoms with Crippen molar-refractivity contribution in [2.24, 2.45) is 0 Å². The van der Waals surface area contributed by atoms with Gasteiger partial charge in [0.25, 0.3) is 15.9 Å². The van der Waals surface area contributed by atoms with E-state index in [1.54, 1.807) is 24.3 Å². The molecule has 0 saturated carbocycles. The summed E-state index contributed by atoms with van der Waals surface area (Å²) in [5.74, 6) is -0.0246. The Morgan fingerprint density at radius 2 is 1.76 bits per heavy atom. The molecule has 1 N–H and O–H groups in total. The molecule has 1 aliphatic heterocycles. The highest BCUT2D eigenvalue weighted by molar-refractivity contribution is 7.92. The standard InChI is InChI=1S/C26H27ClN2O4S/c1-3-18-9-10-19(4-2)20(15-18)16-28-26(30)25-17-29(23-7-5-6-8-24(23)33-25)34(31,32)22-13-11-21(27)12-14-22/h5-15,25H,3-4,16-17H2,1-2H3,(H,28,30)/t25-/m1/s1. The van der Waals surface area contributed by atoms with Crippen LogP contribution >= 0.6 is 11.6 Å². The molecule has 178 valence electrons. The Labute approximate surface area is 205 Å². The number of ether oxygens (including phenoxy) is 1. The first-order valence-electron chi connectivity index (χ1n) is 11.3. The first kappa shape index (κ1) is 24.1. The SMILES string of the molecule is CCc1ccc(CC)c(CNC(=O)[C@H]2CN(S(=O)(=O)c3ccc(Cl)cc3)c3ccccc3O2)c1. The molecule has 0 spiro atoms. The van der Waals surface area contributed by atoms with E-state index < -0.39 is 16.1 Å². The van der Waals surface area contributed by atoms with Crippen LogP contribution in [0.5, 0.6) is 5.75 Å². The van der Waals surface area contributed by atoms with Crippen LogP contribution in [-0.2, 0) is 34.2 Å². The van der Waals surface area contributed by atoms with Gasteiger partial charge in [-0.25, -0.2) is 8.42 Å². The minimum absolute atomic E-state index is 0.0942. The van der Waals surface area contributed by atoms with Crippen molar-refractivity contribution in [3.05, 3.63) is 88.4 Å². The predicted molar refractivity (Wildman–Crippen MR) is 134 cm³/mol. The van der Waals surface area contributed by atoms with Gasteiger partial charge in [0.05, 0.1) is 17.1 Å². The van der Waals surface area contributed by atoms with Gasteiger partial charge in [0.1, 0.15) is 5.75 Å². The second kappa shape index (κ2) is 10.1. The van der Waals surface area contributed by atoms with Crippen LogP contribution in [0.15, 0.2) is 71.6 Å². The normalized spacial score (nSPS) is 15.4. The van der Waals surface area contributed by atoms with Crippen molar-refractivity contribution in [1.82, 2.24) is 5.32 Å². The summed E-state index contributed by atoms with van der Waals surface area (Å²) < 4.78 is 34.1. The largest absolute Gasteiger partial charge is 0.476 e. The topological polar surface area (TPSA) is 75.7 Å². The maximum atomic E-state index is 13.5. The number of nitrogens with zero attached hydrogens (tertiary/aromatic N) is 1. The van der Waals surface area contributed by atoms with Crippen LogP contribution in [0.1, 0.15) is 30.5 Å². The van der Waals surface area contributed by atoms with E-state index in [0.29, 0.717) is 23.0 Å². The number of hydrogen-bond donors (Lipinski definition) is 1. The summed E-state index contributed by atoms with van der Waals surface area (Å²) in [6.45, 7) is 4.38. The third-order valence-electron chi connectivity index (χ3n) is 5.94. The highest BCUT2D eigenvalue weighted by Crippen LogP contribution is 2.37. The number of hydrogen-bond acceptors (Lipinski definition) is 4. The third-order valence-corrected chi connectivity index (χ3v) is 7.99. The third kappa shape index (κ3) is 4.91. The first-order chi connectivity index (χ1) is 16.3. The van der Waals surface area contributed by atoms with Crippen LogP contribution in [0.25, 0.3) is 0 Å². The quantitative estimate of drug-likeness (QED) is 0.510. The summed E-state index contributed by atoms with van der Waals surface area (Å²) in [5, 5.41) is 3.38. The summed E-state index contributed by atoms with van der Waals surface area (Å²) in [6, 6.07) is 19.1. The Balaban J connectivity index is 1.58. The lowest BCUT2D eigenvalue weighted by Gasteiger charge is -2.34. The summed E-state index contributed by atoms with van der Waals surface area (Å²) in [6.07, 6.45) is 0.775. The molecule has 1 heterocycles. The van der Waals surface area contributed by atoms with Gasteiger partial charge in [-0.15, -0.1) is 0 Å². The van der Waals surface area contributed by atoms with Gasteiger partial charge in [-0.05, 0) is 65.9 Å². The van der Waals surface area contributed by atoms with E-state index in [2.05, 4.69) is 37.4 Å². The van der Waals surface area contributed by atoms with Crippen molar-refractivity contribution in [2.75, 3.05) is 10.8 Å². The molecule has 3 aromatic rings. The van der Waals surface area contributed by atoms with Gasteiger partial charge in [0, 0.05) is 11.6 Å². The van der Waals surface area contributed by atoms with Gasteiger partial charge in [0.2, 0.25) is 0 Å². The fourth-order valence-corrected chi connectivity index (χ4v) is 5.61. The van der Waals surface area contributed by atoms with Crippen LogP contribution in [0.3, 0.4) is 0 Å². The molecule has 0 unspecified atom stereocenters. The first-order valence-corrected chi connectivity index (χ1v) is 13.1. The Hall–Kier alpha value is -3.03. The fraction of sp³-hybridized carbons (Fsp3) is 0.269. The summed E-state index contributed by atoms with van der Waals surface area (Å²) in [4.78, 5) is 13.2. The van der Waals surface area contributed by atoms with E-state index in [0.717, 1.165) is 18.4 Å². The molecule has 6 nitrogen and oxygen atoms in total. The zero-order valence-corrected chi connectivity index (χ0v) is 20.7. The van der Waals surface area contributed by atoms with Crippen molar-refractivity contribution in [3.63, 3.8) is 0 Å². The molecule has 0 aromatic heterocycles. The molecule has 1 amide bonds. The maximum absolute atomic E-state index is 13.5. The number of amides is 1. The highest BCUT2D eigenvalue weighted by Gasteiger charge is 2.37. The molecule has 0 saturated heterocycles. The van der Waals surface area contributed by atoms with E-state index >= 15 is 0 Å². The van der Waals surface area contributed by atoms with Gasteiger partial charge < -0.3 is 10.1 Å². The number of halogens is 1. The smallest absolute Gasteiger partial charge is 0.264 e. The van der Waals surface area contributed by atoms with E-state index in [4.69, 9.17) is 16.3 Å². The van der Waals surface area contributed by atoms with Crippen LogP contribution in [-0.4, -0.2) is 27.0 Å². The molecule has 1 atom stereocenters. The zero-order valence-electron chi connectivity index (χ0n) is 19.1. The minimum atomic E-state index is -3.93. The number of anilines is 1. The lowest BCUT2D eigenvalue weighted by Crippen LogP contribution is -2.50. The lowest BCUT2D eigenvalue weighted by molar-refractivity contribution is -0.127. The molecule has 0 radical (unpaired) electrons. The molecule has 34 heavy (non-hydrogen) atoms. The molecule has 4 rings (SSSR count). The van der Waals surface area contributed by atoms with E-state index in [9.17, 15) is 13.2 Å². The molecule has 0 aliphatic carbocycles. The molecular formula is C26H27ClN2O4S. The van der Waals surface area contributed by atoms with Gasteiger partial charge in [0.15, 0.2) is 6.10 Å². The second-order valence-corrected chi connectivity index (χ2v) is 10.4. The van der Waals surface area contributed by atoms with Crippen LogP contribution in [0, 0.1) is 0 Å². The average molecular weight is 499 g/mol. The van der Waals surface area contributed by atoms with Gasteiger partial charge in [-0.2, -0.15) is 0 Å². The van der Waals surface area contributed by atoms with Gasteiger partial charge in [-0.1, -0.05) is 55.8 Å². The minimum Gasteiger partial charge on any atom is -0.476 e.